The molecule has 6 nitrogen and oxygen atoms in total. The third kappa shape index (κ3) is 5.23. The van der Waals surface area contributed by atoms with E-state index in [9.17, 15) is 0 Å². The van der Waals surface area contributed by atoms with Crippen LogP contribution in [0.5, 0.6) is 5.75 Å². The fourth-order valence-electron chi connectivity index (χ4n) is 2.06. The van der Waals surface area contributed by atoms with Crippen LogP contribution in [0.2, 0.25) is 0 Å². The molecule has 1 aromatic heterocycles. The van der Waals surface area contributed by atoms with Crippen molar-refractivity contribution < 1.29 is 9.47 Å². The molecule has 0 aliphatic rings. The molecule has 2 N–H and O–H groups in total. The minimum Gasteiger partial charge on any atom is -0.496 e. The predicted octanol–water partition coefficient (Wildman–Crippen LogP) is 1.41. The molecule has 21 heavy (non-hydrogen) atoms. The van der Waals surface area contributed by atoms with Gasteiger partial charge in [-0.3, -0.25) is 9.98 Å². The second-order valence-electron chi connectivity index (χ2n) is 4.75. The van der Waals surface area contributed by atoms with Gasteiger partial charge in [0, 0.05) is 44.6 Å². The van der Waals surface area contributed by atoms with E-state index in [4.69, 9.17) is 9.47 Å². The van der Waals surface area contributed by atoms with E-state index in [1.165, 1.54) is 0 Å². The molecule has 0 fully saturated rings. The molecule has 6 heteroatoms. The largest absolute Gasteiger partial charge is 0.496 e. The molecule has 0 saturated carbocycles. The fraction of sp³-hybridized carbons (Fsp3) is 0.600. The van der Waals surface area contributed by atoms with Crippen molar-refractivity contribution in [2.75, 3.05) is 34.4 Å². The van der Waals surface area contributed by atoms with Crippen LogP contribution in [-0.4, -0.2) is 45.4 Å². The summed E-state index contributed by atoms with van der Waals surface area (Å²) >= 11 is 0. The van der Waals surface area contributed by atoms with Crippen molar-refractivity contribution in [1.82, 2.24) is 15.6 Å². The molecule has 0 radical (unpaired) electrons. The zero-order chi connectivity index (χ0) is 15.7. The van der Waals surface area contributed by atoms with Crippen molar-refractivity contribution in [2.45, 2.75) is 26.8 Å². The average Bonchev–Trinajstić information content (AvgIpc) is 2.49. The Labute approximate surface area is 127 Å². The summed E-state index contributed by atoms with van der Waals surface area (Å²) in [5.74, 6) is 1.65. The Bertz CT molecular complexity index is 475. The number of hydrogen-bond donors (Lipinski definition) is 2. The number of pyridine rings is 1. The Hall–Kier alpha value is -1.82. The van der Waals surface area contributed by atoms with E-state index in [0.29, 0.717) is 6.54 Å². The van der Waals surface area contributed by atoms with E-state index in [0.717, 1.165) is 48.1 Å². The third-order valence-electron chi connectivity index (χ3n) is 3.21. The first-order valence-electron chi connectivity index (χ1n) is 7.06. The molecule has 1 rings (SSSR count). The molecule has 0 aromatic carbocycles. The van der Waals surface area contributed by atoms with Crippen LogP contribution in [-0.2, 0) is 11.3 Å². The first-order valence-corrected chi connectivity index (χ1v) is 7.06. The Morgan fingerprint density at radius 2 is 2.05 bits per heavy atom. The van der Waals surface area contributed by atoms with Gasteiger partial charge in [-0.15, -0.1) is 0 Å². The lowest BCUT2D eigenvalue weighted by Gasteiger charge is -2.15. The first-order chi connectivity index (χ1) is 10.1. The SMILES string of the molecule is CN=C(NCCCOC)NCc1ncc(C)c(OC)c1C. The number of methoxy groups -OCH3 is 2. The van der Waals surface area contributed by atoms with E-state index in [-0.39, 0.29) is 0 Å². The van der Waals surface area contributed by atoms with Gasteiger partial charge in [-0.1, -0.05) is 0 Å². The lowest BCUT2D eigenvalue weighted by Crippen LogP contribution is -2.37. The molecular weight excluding hydrogens is 268 g/mol. The monoisotopic (exact) mass is 294 g/mol. The van der Waals surface area contributed by atoms with E-state index < -0.39 is 0 Å². The molecule has 0 saturated heterocycles. The van der Waals surface area contributed by atoms with Crippen LogP contribution in [0.15, 0.2) is 11.2 Å². The van der Waals surface area contributed by atoms with E-state index in [1.807, 2.05) is 20.0 Å². The highest BCUT2D eigenvalue weighted by Crippen LogP contribution is 2.23. The minimum atomic E-state index is 0.604. The smallest absolute Gasteiger partial charge is 0.191 e. The molecule has 118 valence electrons. The molecule has 0 bridgehead atoms. The van der Waals surface area contributed by atoms with E-state index in [1.54, 1.807) is 21.3 Å². The molecule has 0 amide bonds. The quantitative estimate of drug-likeness (QED) is 0.452. The summed E-state index contributed by atoms with van der Waals surface area (Å²) in [4.78, 5) is 8.64. The minimum absolute atomic E-state index is 0.604. The van der Waals surface area contributed by atoms with Gasteiger partial charge < -0.3 is 20.1 Å². The normalized spacial score (nSPS) is 11.4. The van der Waals surface area contributed by atoms with Gasteiger partial charge in [0.25, 0.3) is 0 Å². The number of nitrogens with one attached hydrogen (secondary N) is 2. The Morgan fingerprint density at radius 1 is 1.29 bits per heavy atom. The van der Waals surface area contributed by atoms with Gasteiger partial charge in [-0.2, -0.15) is 0 Å². The highest BCUT2D eigenvalue weighted by atomic mass is 16.5. The van der Waals surface area contributed by atoms with Crippen LogP contribution in [0.4, 0.5) is 0 Å². The summed E-state index contributed by atoms with van der Waals surface area (Å²) in [5, 5.41) is 6.49. The van der Waals surface area contributed by atoms with Crippen LogP contribution in [0.1, 0.15) is 23.2 Å². The number of ether oxygens (including phenoxy) is 2. The molecule has 0 atom stereocenters. The van der Waals surface area contributed by atoms with Gasteiger partial charge in [0.05, 0.1) is 19.3 Å². The predicted molar refractivity (Wildman–Crippen MR) is 85.0 cm³/mol. The number of nitrogens with zero attached hydrogens (tertiary/aromatic N) is 2. The average molecular weight is 294 g/mol. The zero-order valence-electron chi connectivity index (χ0n) is 13.6. The number of aliphatic imine (C=N–C) groups is 1. The Morgan fingerprint density at radius 3 is 2.67 bits per heavy atom. The number of hydrogen-bond acceptors (Lipinski definition) is 4. The van der Waals surface area contributed by atoms with E-state index in [2.05, 4.69) is 20.6 Å². The van der Waals surface area contributed by atoms with Crippen LogP contribution >= 0.6 is 0 Å². The van der Waals surface area contributed by atoms with Gasteiger partial charge >= 0.3 is 0 Å². The van der Waals surface area contributed by atoms with Crippen LogP contribution < -0.4 is 15.4 Å². The van der Waals surface area contributed by atoms with E-state index >= 15 is 0 Å². The molecule has 0 unspecified atom stereocenters. The van der Waals surface area contributed by atoms with Gasteiger partial charge in [-0.05, 0) is 20.3 Å². The summed E-state index contributed by atoms with van der Waals surface area (Å²) in [6.45, 7) is 6.17. The Balaban J connectivity index is 2.57. The zero-order valence-corrected chi connectivity index (χ0v) is 13.6. The lowest BCUT2D eigenvalue weighted by molar-refractivity contribution is 0.195. The van der Waals surface area contributed by atoms with Gasteiger partial charge in [-0.25, -0.2) is 0 Å². The van der Waals surface area contributed by atoms with Crippen LogP contribution in [0, 0.1) is 13.8 Å². The standard InChI is InChI=1S/C15H26N4O2/c1-11-9-18-13(12(2)14(11)21-5)10-19-15(16-3)17-7-6-8-20-4/h9H,6-8,10H2,1-5H3,(H2,16,17,19). The summed E-state index contributed by atoms with van der Waals surface area (Å²) in [7, 11) is 5.14. The highest BCUT2D eigenvalue weighted by Gasteiger charge is 2.09. The van der Waals surface area contributed by atoms with Crippen molar-refractivity contribution in [2.24, 2.45) is 4.99 Å². The third-order valence-corrected chi connectivity index (χ3v) is 3.21. The molecule has 1 heterocycles. The number of guanidine groups is 1. The van der Waals surface area contributed by atoms with Crippen LogP contribution in [0.3, 0.4) is 0 Å². The summed E-state index contributed by atoms with van der Waals surface area (Å²) in [5.41, 5.74) is 3.05. The van der Waals surface area contributed by atoms with Gasteiger partial charge in [0.15, 0.2) is 5.96 Å². The van der Waals surface area contributed by atoms with Crippen molar-refractivity contribution in [1.29, 1.82) is 0 Å². The van der Waals surface area contributed by atoms with Crippen molar-refractivity contribution >= 4 is 5.96 Å². The maximum atomic E-state index is 5.41. The summed E-state index contributed by atoms with van der Waals surface area (Å²) in [6, 6.07) is 0. The number of aromatic nitrogens is 1. The van der Waals surface area contributed by atoms with Gasteiger partial charge in [0.1, 0.15) is 5.75 Å². The van der Waals surface area contributed by atoms with Crippen molar-refractivity contribution in [3.05, 3.63) is 23.0 Å². The molecule has 0 aliphatic carbocycles. The molecule has 0 spiro atoms. The van der Waals surface area contributed by atoms with Crippen molar-refractivity contribution in [3.8, 4) is 5.75 Å². The fourth-order valence-corrected chi connectivity index (χ4v) is 2.06. The second-order valence-corrected chi connectivity index (χ2v) is 4.75. The maximum Gasteiger partial charge on any atom is 0.191 e. The maximum absolute atomic E-state index is 5.41. The topological polar surface area (TPSA) is 67.8 Å². The second kappa shape index (κ2) is 9.18. The lowest BCUT2D eigenvalue weighted by atomic mass is 10.1. The first kappa shape index (κ1) is 17.2. The highest BCUT2D eigenvalue weighted by molar-refractivity contribution is 5.79. The number of aryl methyl sites for hydroxylation is 1. The Kier molecular flexibility index (Phi) is 7.53. The summed E-state index contributed by atoms with van der Waals surface area (Å²) in [6.07, 6.45) is 2.77. The number of rotatable bonds is 7. The van der Waals surface area contributed by atoms with Crippen molar-refractivity contribution in [3.63, 3.8) is 0 Å². The van der Waals surface area contributed by atoms with Crippen LogP contribution in [0.25, 0.3) is 0 Å². The summed E-state index contributed by atoms with van der Waals surface area (Å²) < 4.78 is 10.4. The molecule has 0 aliphatic heterocycles. The molecular formula is C15H26N4O2. The van der Waals surface area contributed by atoms with Gasteiger partial charge in [0.2, 0.25) is 0 Å². The molecule has 1 aromatic rings.